The minimum absolute atomic E-state index is 0.0203. The van der Waals surface area contributed by atoms with Gasteiger partial charge in [-0.15, -0.1) is 0 Å². The Balaban J connectivity index is 0.734. The molecule has 1 atom stereocenters. The SMILES string of the molecule is NC(=O)c1c(F)cccc1Nc1nc(Cc2ccc(S(=O)(=O)NCCCCCCCC/C=C/C(=O)N3CCC[C@@H](n4nc(-c5ccc(Oc6ccccc6)cc5)c5c(N)ncnc54)C3)cc2)ncc1Br. The van der Waals surface area contributed by atoms with E-state index in [0.717, 1.165) is 74.3 Å². The maximum Gasteiger partial charge on any atom is 0.253 e. The number of ether oxygens (including phenoxy) is 1. The molecule has 4 aromatic carbocycles. The maximum absolute atomic E-state index is 14.3. The van der Waals surface area contributed by atoms with Crippen molar-refractivity contribution >= 4 is 66.1 Å². The fraction of sp³-hybridized carbons (Fsp3) is 0.275. The molecule has 70 heavy (non-hydrogen) atoms. The van der Waals surface area contributed by atoms with Gasteiger partial charge in [-0.25, -0.2) is 42.1 Å². The summed E-state index contributed by atoms with van der Waals surface area (Å²) in [4.78, 5) is 44.9. The van der Waals surface area contributed by atoms with E-state index in [9.17, 15) is 22.4 Å². The van der Waals surface area contributed by atoms with Crippen molar-refractivity contribution in [2.45, 2.75) is 75.1 Å². The number of amides is 2. The number of hydrogen-bond donors (Lipinski definition) is 4. The molecule has 1 saturated heterocycles. The van der Waals surface area contributed by atoms with Crippen molar-refractivity contribution in [1.29, 1.82) is 0 Å². The number of nitrogens with zero attached hydrogens (tertiary/aromatic N) is 7. The van der Waals surface area contributed by atoms with Gasteiger partial charge in [0.1, 0.15) is 46.8 Å². The highest BCUT2D eigenvalue weighted by Crippen LogP contribution is 2.35. The molecule has 16 nitrogen and oxygen atoms in total. The Morgan fingerprint density at radius 2 is 1.63 bits per heavy atom. The second kappa shape index (κ2) is 23.0. The average Bonchev–Trinajstić information content (AvgIpc) is 3.76. The number of sulfonamides is 1. The van der Waals surface area contributed by atoms with Crippen LogP contribution < -0.4 is 26.2 Å². The third kappa shape index (κ3) is 12.4. The number of nitrogen functional groups attached to an aromatic ring is 1. The van der Waals surface area contributed by atoms with Crippen molar-refractivity contribution in [3.63, 3.8) is 0 Å². The molecule has 2 amide bonds. The van der Waals surface area contributed by atoms with E-state index in [2.05, 4.69) is 45.9 Å². The number of unbranched alkanes of at least 4 members (excludes halogenated alkanes) is 6. The lowest BCUT2D eigenvalue weighted by molar-refractivity contribution is -0.127. The van der Waals surface area contributed by atoms with Gasteiger partial charge >= 0.3 is 0 Å². The van der Waals surface area contributed by atoms with Gasteiger partial charge in [-0.1, -0.05) is 68.2 Å². The summed E-state index contributed by atoms with van der Waals surface area (Å²) < 4.78 is 51.4. The van der Waals surface area contributed by atoms with Gasteiger partial charge in [0.2, 0.25) is 15.9 Å². The highest BCUT2D eigenvalue weighted by molar-refractivity contribution is 9.10. The second-order valence-electron chi connectivity index (χ2n) is 16.9. The van der Waals surface area contributed by atoms with Crippen molar-refractivity contribution in [1.82, 2.24) is 39.3 Å². The van der Waals surface area contributed by atoms with Crippen LogP contribution in [-0.2, 0) is 21.2 Å². The standard InChI is InChI=1S/C51H53BrFN11O5S/c52-40-31-56-43(61-50(40)60-42-18-12-17-41(53)45(42)49(55)66)30-34-20-26-39(27-21-34)70(67,68)59-28-11-6-4-2-1-3-5-10-19-44(65)63-29-13-14-36(32-63)64-51-46(48(54)57-33-58-51)47(62-64)35-22-24-38(25-23-35)69-37-15-8-7-9-16-37/h7-10,12,15-27,31,33,36,59H,1-6,11,13-14,28-30,32H2,(H2,55,66)(H2,54,57,58)(H,56,60,61)/b19-10+/t36-/m1/s1. The number of nitrogens with one attached hydrogen (secondary N) is 2. The molecular formula is C51H53BrFN11O5S. The monoisotopic (exact) mass is 1030 g/mol. The second-order valence-corrected chi connectivity index (χ2v) is 19.6. The van der Waals surface area contributed by atoms with E-state index in [-0.39, 0.29) is 28.1 Å². The molecule has 0 bridgehead atoms. The summed E-state index contributed by atoms with van der Waals surface area (Å²) in [7, 11) is -3.70. The number of halogens is 2. The van der Waals surface area contributed by atoms with Crippen LogP contribution in [-0.4, -0.2) is 74.5 Å². The topological polar surface area (TPSA) is 226 Å². The largest absolute Gasteiger partial charge is 0.457 e. The number of piperidine rings is 1. The van der Waals surface area contributed by atoms with Gasteiger partial charge in [0.25, 0.3) is 5.91 Å². The van der Waals surface area contributed by atoms with Crippen LogP contribution >= 0.6 is 15.9 Å². The van der Waals surface area contributed by atoms with Gasteiger partial charge in [0, 0.05) is 37.8 Å². The summed E-state index contributed by atoms with van der Waals surface area (Å²) in [6, 6.07) is 27.8. The number of rotatable bonds is 21. The van der Waals surface area contributed by atoms with Gasteiger partial charge < -0.3 is 26.4 Å². The summed E-state index contributed by atoms with van der Waals surface area (Å²) in [5.74, 6) is 0.820. The Labute approximate surface area is 414 Å². The number of aromatic nitrogens is 6. The Morgan fingerprint density at radius 1 is 0.886 bits per heavy atom. The van der Waals surface area contributed by atoms with E-state index in [1.165, 1.54) is 24.7 Å². The number of carbonyl (C=O) groups is 2. The highest BCUT2D eigenvalue weighted by atomic mass is 79.9. The van der Waals surface area contributed by atoms with Gasteiger partial charge in [-0.05, 0) is 120 Å². The Morgan fingerprint density at radius 3 is 2.40 bits per heavy atom. The predicted octanol–water partition coefficient (Wildman–Crippen LogP) is 9.42. The zero-order valence-corrected chi connectivity index (χ0v) is 40.7. The van der Waals surface area contributed by atoms with Crippen molar-refractivity contribution in [2.24, 2.45) is 5.73 Å². The number of para-hydroxylation sites is 1. The molecule has 1 fully saturated rings. The number of allylic oxidation sites excluding steroid dienone is 1. The van der Waals surface area contributed by atoms with Crippen molar-refractivity contribution in [3.8, 4) is 22.8 Å². The molecule has 0 unspecified atom stereocenters. The van der Waals surface area contributed by atoms with Crippen LogP contribution in [0.25, 0.3) is 22.3 Å². The zero-order valence-electron chi connectivity index (χ0n) is 38.3. The number of carbonyl (C=O) groups excluding carboxylic acids is 2. The van der Waals surface area contributed by atoms with E-state index in [1.54, 1.807) is 30.3 Å². The Kier molecular flexibility index (Phi) is 16.2. The van der Waals surface area contributed by atoms with E-state index in [4.69, 9.17) is 21.3 Å². The minimum atomic E-state index is -3.70. The van der Waals surface area contributed by atoms with Crippen LogP contribution in [0.1, 0.15) is 85.6 Å². The first-order chi connectivity index (χ1) is 33.9. The molecule has 0 radical (unpaired) electrons. The molecule has 7 aromatic rings. The number of anilines is 3. The summed E-state index contributed by atoms with van der Waals surface area (Å²) in [5, 5.41) is 8.64. The van der Waals surface area contributed by atoms with Crippen LogP contribution in [0.3, 0.4) is 0 Å². The predicted molar refractivity (Wildman–Crippen MR) is 270 cm³/mol. The molecule has 362 valence electrons. The Bertz CT molecular complexity index is 3090. The molecule has 3 aromatic heterocycles. The number of primary amides is 1. The van der Waals surface area contributed by atoms with E-state index in [1.807, 2.05) is 70.3 Å². The minimum Gasteiger partial charge on any atom is -0.457 e. The fourth-order valence-electron chi connectivity index (χ4n) is 8.34. The van der Waals surface area contributed by atoms with Crippen LogP contribution in [0, 0.1) is 5.82 Å². The van der Waals surface area contributed by atoms with Crippen LogP contribution in [0.2, 0.25) is 0 Å². The molecule has 1 aliphatic heterocycles. The van der Waals surface area contributed by atoms with Crippen LogP contribution in [0.15, 0.2) is 131 Å². The Hall–Kier alpha value is -7.09. The first kappa shape index (κ1) is 49.3. The molecule has 4 heterocycles. The van der Waals surface area contributed by atoms with E-state index in [0.29, 0.717) is 76.9 Å². The zero-order chi connectivity index (χ0) is 49.0. The van der Waals surface area contributed by atoms with Crippen LogP contribution in [0.5, 0.6) is 11.5 Å². The average molecular weight is 1030 g/mol. The molecule has 0 spiro atoms. The van der Waals surface area contributed by atoms with Gasteiger partial charge in [-0.3, -0.25) is 9.59 Å². The number of likely N-dealkylation sites (tertiary alicyclic amines) is 1. The number of fused-ring (bicyclic) bond motifs is 1. The lowest BCUT2D eigenvalue weighted by Gasteiger charge is -2.32. The molecule has 8 rings (SSSR count). The van der Waals surface area contributed by atoms with Gasteiger partial charge in [0.05, 0.1) is 32.0 Å². The van der Waals surface area contributed by atoms with Gasteiger partial charge in [-0.2, -0.15) is 5.10 Å². The molecular weight excluding hydrogens is 978 g/mol. The number of nitrogens with two attached hydrogens (primary N) is 2. The van der Waals surface area contributed by atoms with Gasteiger partial charge in [0.15, 0.2) is 5.65 Å². The first-order valence-corrected chi connectivity index (χ1v) is 25.4. The normalized spacial score (nSPS) is 14.0. The molecule has 1 aliphatic rings. The molecule has 19 heteroatoms. The number of benzene rings is 4. The van der Waals surface area contributed by atoms with Crippen molar-refractivity contribution < 1.29 is 27.1 Å². The fourth-order valence-corrected chi connectivity index (χ4v) is 9.70. The molecule has 0 saturated carbocycles. The summed E-state index contributed by atoms with van der Waals surface area (Å²) >= 11 is 3.38. The first-order valence-electron chi connectivity index (χ1n) is 23.2. The van der Waals surface area contributed by atoms with Crippen molar-refractivity contribution in [3.05, 3.63) is 149 Å². The third-order valence-electron chi connectivity index (χ3n) is 11.9. The number of hydrogen-bond acceptors (Lipinski definition) is 12. The smallest absolute Gasteiger partial charge is 0.253 e. The summed E-state index contributed by atoms with van der Waals surface area (Å²) in [6.45, 7) is 1.50. The lowest BCUT2D eigenvalue weighted by Crippen LogP contribution is -2.40. The van der Waals surface area contributed by atoms with Crippen LogP contribution in [0.4, 0.5) is 21.7 Å². The highest BCUT2D eigenvalue weighted by Gasteiger charge is 2.28. The quantitative estimate of drug-likeness (QED) is 0.0390. The van der Waals surface area contributed by atoms with Crippen molar-refractivity contribution in [2.75, 3.05) is 30.7 Å². The third-order valence-corrected chi connectivity index (χ3v) is 14.0. The lowest BCUT2D eigenvalue weighted by atomic mass is 10.1. The maximum atomic E-state index is 14.3. The molecule has 6 N–H and O–H groups in total. The molecule has 0 aliphatic carbocycles. The summed E-state index contributed by atoms with van der Waals surface area (Å²) in [6.07, 6.45) is 14.9. The summed E-state index contributed by atoms with van der Waals surface area (Å²) in [5.41, 5.74) is 14.6. The van der Waals surface area contributed by atoms with E-state index >= 15 is 0 Å². The van der Waals surface area contributed by atoms with E-state index < -0.39 is 21.7 Å².